The van der Waals surface area contributed by atoms with Gasteiger partial charge in [-0.05, 0) is 113 Å². The molecule has 1 atom stereocenters. The number of ether oxygens (including phenoxy) is 1. The van der Waals surface area contributed by atoms with E-state index in [-0.39, 0.29) is 0 Å². The smallest absolute Gasteiger partial charge is 0.135 e. The summed E-state index contributed by atoms with van der Waals surface area (Å²) in [4.78, 5) is 0. The zero-order valence-electron chi connectivity index (χ0n) is 28.2. The quantitative estimate of drug-likeness (QED) is 0.180. The van der Waals surface area contributed by atoms with Crippen LogP contribution in [0.1, 0.15) is 22.3 Å². The molecule has 0 radical (unpaired) electrons. The molecule has 0 amide bonds. The van der Waals surface area contributed by atoms with Gasteiger partial charge in [0.2, 0.25) is 0 Å². The third-order valence-corrected chi connectivity index (χ3v) is 11.9. The summed E-state index contributed by atoms with van der Waals surface area (Å²) in [5.41, 5.74) is 17.5. The van der Waals surface area contributed by atoms with Crippen LogP contribution in [0.3, 0.4) is 0 Å². The van der Waals surface area contributed by atoms with Gasteiger partial charge in [0.25, 0.3) is 0 Å². The second kappa shape index (κ2) is 10.2. The Morgan fingerprint density at radius 1 is 0.327 bits per heavy atom. The zero-order valence-corrected chi connectivity index (χ0v) is 28.2. The molecule has 1 unspecified atom stereocenters. The first-order valence-corrected chi connectivity index (χ1v) is 18.1. The van der Waals surface area contributed by atoms with Gasteiger partial charge >= 0.3 is 0 Å². The zero-order chi connectivity index (χ0) is 34.0. The lowest BCUT2D eigenvalue weighted by Gasteiger charge is -2.31. The highest BCUT2D eigenvalue weighted by molar-refractivity contribution is 6.10. The third kappa shape index (κ3) is 3.52. The molecule has 0 bridgehead atoms. The van der Waals surface area contributed by atoms with Crippen LogP contribution in [0.15, 0.2) is 182 Å². The van der Waals surface area contributed by atoms with Crippen molar-refractivity contribution in [3.8, 4) is 67.1 Å². The van der Waals surface area contributed by atoms with Gasteiger partial charge in [0.15, 0.2) is 0 Å². The van der Waals surface area contributed by atoms with E-state index < -0.39 is 5.41 Å². The lowest BCUT2D eigenvalue weighted by molar-refractivity contribution is 0.487. The average Bonchev–Trinajstić information content (AvgIpc) is 3.68. The maximum atomic E-state index is 6.64. The summed E-state index contributed by atoms with van der Waals surface area (Å²) in [6.45, 7) is 0. The van der Waals surface area contributed by atoms with Crippen LogP contribution in [0.2, 0.25) is 0 Å². The van der Waals surface area contributed by atoms with Gasteiger partial charge < -0.3 is 4.74 Å². The highest BCUT2D eigenvalue weighted by atomic mass is 16.5. The summed E-state index contributed by atoms with van der Waals surface area (Å²) >= 11 is 0. The predicted molar refractivity (Wildman–Crippen MR) is 214 cm³/mol. The third-order valence-electron chi connectivity index (χ3n) is 11.9. The van der Waals surface area contributed by atoms with Gasteiger partial charge in [0.05, 0.1) is 5.41 Å². The summed E-state index contributed by atoms with van der Waals surface area (Å²) in [5.74, 6) is 1.81. The number of hydrogen-bond acceptors (Lipinski definition) is 1. The van der Waals surface area contributed by atoms with Crippen molar-refractivity contribution in [1.29, 1.82) is 0 Å². The van der Waals surface area contributed by atoms with Crippen molar-refractivity contribution in [2.45, 2.75) is 5.41 Å². The molecule has 12 rings (SSSR count). The van der Waals surface area contributed by atoms with E-state index >= 15 is 0 Å². The van der Waals surface area contributed by atoms with E-state index in [9.17, 15) is 0 Å². The molecule has 1 spiro atoms. The van der Waals surface area contributed by atoms with Crippen molar-refractivity contribution in [1.82, 2.24) is 0 Å². The van der Waals surface area contributed by atoms with Crippen LogP contribution in [-0.4, -0.2) is 0 Å². The first-order chi connectivity index (χ1) is 25.8. The molecule has 1 heteroatoms. The molecule has 0 saturated carbocycles. The second-order valence-corrected chi connectivity index (χ2v) is 14.3. The van der Waals surface area contributed by atoms with E-state index in [1.54, 1.807) is 0 Å². The molecule has 9 aromatic rings. The number of rotatable bonds is 2. The molecule has 240 valence electrons. The van der Waals surface area contributed by atoms with E-state index in [0.717, 1.165) is 17.1 Å². The number of hydrogen-bond donors (Lipinski definition) is 0. The fourth-order valence-electron chi connectivity index (χ4n) is 9.77. The summed E-state index contributed by atoms with van der Waals surface area (Å²) < 4.78 is 6.64. The van der Waals surface area contributed by atoms with Crippen molar-refractivity contribution in [3.05, 3.63) is 204 Å². The van der Waals surface area contributed by atoms with Crippen molar-refractivity contribution >= 4 is 21.5 Å². The Morgan fingerprint density at radius 3 is 1.88 bits per heavy atom. The molecule has 1 nitrogen and oxygen atoms in total. The van der Waals surface area contributed by atoms with Gasteiger partial charge in [0, 0.05) is 10.9 Å². The number of fused-ring (bicyclic) bond motifs is 14. The first-order valence-electron chi connectivity index (χ1n) is 18.1. The van der Waals surface area contributed by atoms with Crippen LogP contribution in [0, 0.1) is 0 Å². The molecule has 0 saturated heterocycles. The largest absolute Gasteiger partial charge is 0.456 e. The van der Waals surface area contributed by atoms with Crippen molar-refractivity contribution < 1.29 is 4.74 Å². The molecule has 1 aliphatic heterocycles. The minimum atomic E-state index is -0.409. The Kier molecular flexibility index (Phi) is 5.49. The molecular weight excluding hydrogens is 629 g/mol. The Labute approximate surface area is 302 Å². The lowest BCUT2D eigenvalue weighted by Crippen LogP contribution is -2.25. The Balaban J connectivity index is 1.08. The lowest BCUT2D eigenvalue weighted by atomic mass is 9.70. The molecule has 0 fully saturated rings. The van der Waals surface area contributed by atoms with Crippen LogP contribution in [0.5, 0.6) is 11.5 Å². The predicted octanol–water partition coefficient (Wildman–Crippen LogP) is 13.4. The Bertz CT molecular complexity index is 2990. The van der Waals surface area contributed by atoms with E-state index in [0.29, 0.717) is 0 Å². The first kappa shape index (κ1) is 28.0. The molecule has 3 aliphatic rings. The molecule has 2 aliphatic carbocycles. The average molecular weight is 659 g/mol. The minimum absolute atomic E-state index is 0.409. The van der Waals surface area contributed by atoms with E-state index in [2.05, 4.69) is 182 Å². The highest BCUT2D eigenvalue weighted by Crippen LogP contribution is 2.64. The van der Waals surface area contributed by atoms with E-state index in [1.165, 1.54) is 93.9 Å². The van der Waals surface area contributed by atoms with Gasteiger partial charge in [0.1, 0.15) is 11.5 Å². The minimum Gasteiger partial charge on any atom is -0.456 e. The Morgan fingerprint density at radius 2 is 0.981 bits per heavy atom. The monoisotopic (exact) mass is 658 g/mol. The fraction of sp³-hybridized carbons (Fsp3) is 0.0196. The fourth-order valence-corrected chi connectivity index (χ4v) is 9.77. The molecule has 52 heavy (non-hydrogen) atoms. The van der Waals surface area contributed by atoms with Crippen LogP contribution >= 0.6 is 0 Å². The highest BCUT2D eigenvalue weighted by Gasteiger charge is 2.52. The maximum Gasteiger partial charge on any atom is 0.135 e. The summed E-state index contributed by atoms with van der Waals surface area (Å²) in [6, 6.07) is 67.2. The van der Waals surface area contributed by atoms with Gasteiger partial charge in [-0.15, -0.1) is 0 Å². The Hall–Kier alpha value is -6.70. The van der Waals surface area contributed by atoms with Crippen molar-refractivity contribution in [3.63, 3.8) is 0 Å². The van der Waals surface area contributed by atoms with E-state index in [1.807, 2.05) is 0 Å². The van der Waals surface area contributed by atoms with Crippen molar-refractivity contribution in [2.24, 2.45) is 0 Å². The van der Waals surface area contributed by atoms with Crippen LogP contribution in [0.4, 0.5) is 0 Å². The second-order valence-electron chi connectivity index (χ2n) is 14.3. The van der Waals surface area contributed by atoms with E-state index in [4.69, 9.17) is 4.74 Å². The van der Waals surface area contributed by atoms with Crippen molar-refractivity contribution in [2.75, 3.05) is 0 Å². The van der Waals surface area contributed by atoms with Crippen LogP contribution in [0.25, 0.3) is 77.2 Å². The molecular formula is C51H30O. The molecule has 1 heterocycles. The topological polar surface area (TPSA) is 9.23 Å². The summed E-state index contributed by atoms with van der Waals surface area (Å²) in [6.07, 6.45) is 0. The van der Waals surface area contributed by atoms with Gasteiger partial charge in [-0.1, -0.05) is 158 Å². The summed E-state index contributed by atoms with van der Waals surface area (Å²) in [5, 5.41) is 4.96. The standard InChI is InChI=1S/C51H30O/c1-2-11-31(12-3-1)35-25-28-48-50-39(35)17-10-18-40(50)42-29-33(23-27-47(42)52-48)34-21-24-38-37-15-6-8-19-43(37)51(46(38)30-34)44-20-9-7-16-41(44)49-36-14-5-4-13-32(36)22-26-45(49)51/h1-30H. The summed E-state index contributed by atoms with van der Waals surface area (Å²) in [7, 11) is 0. The van der Waals surface area contributed by atoms with Gasteiger partial charge in [-0.3, -0.25) is 0 Å². The molecule has 9 aromatic carbocycles. The molecule has 0 aromatic heterocycles. The van der Waals surface area contributed by atoms with Gasteiger partial charge in [-0.2, -0.15) is 0 Å². The van der Waals surface area contributed by atoms with Crippen LogP contribution < -0.4 is 4.74 Å². The number of benzene rings is 9. The maximum absolute atomic E-state index is 6.64. The SMILES string of the molecule is c1ccc(-c2ccc3c4c(cccc24)-c2cc(-c4ccc5c(c4)C4(c6ccccc6-5)c5ccccc5-c5c4ccc4ccccc54)ccc2O3)cc1. The van der Waals surface area contributed by atoms with Gasteiger partial charge in [-0.25, -0.2) is 0 Å². The normalized spacial score (nSPS) is 15.5. The van der Waals surface area contributed by atoms with Crippen LogP contribution in [-0.2, 0) is 5.41 Å². The molecule has 0 N–H and O–H groups in total.